The molecule has 0 saturated heterocycles. The third kappa shape index (κ3) is 4.31. The van der Waals surface area contributed by atoms with E-state index in [1.165, 1.54) is 6.07 Å². The van der Waals surface area contributed by atoms with E-state index in [4.69, 9.17) is 27.8 Å². The van der Waals surface area contributed by atoms with Crippen LogP contribution >= 0.6 is 11.6 Å². The van der Waals surface area contributed by atoms with Crippen LogP contribution in [0.25, 0.3) is 11.3 Å². The van der Waals surface area contributed by atoms with Gasteiger partial charge in [-0.05, 0) is 43.7 Å². The summed E-state index contributed by atoms with van der Waals surface area (Å²) in [5, 5.41) is 5.21. The summed E-state index contributed by atoms with van der Waals surface area (Å²) < 4.78 is 7.48. The van der Waals surface area contributed by atoms with Crippen molar-refractivity contribution in [2.45, 2.75) is 26.8 Å². The molecule has 4 N–H and O–H groups in total. The second-order valence-corrected chi connectivity index (χ2v) is 7.10. The van der Waals surface area contributed by atoms with Crippen LogP contribution in [-0.2, 0) is 13.0 Å². The molecule has 1 amide bonds. The van der Waals surface area contributed by atoms with Crippen LogP contribution in [0, 0.1) is 0 Å². The first-order valence-corrected chi connectivity index (χ1v) is 9.94. The van der Waals surface area contributed by atoms with Crippen molar-refractivity contribution in [1.29, 1.82) is 0 Å². The number of nitrogens with zero attached hydrogens (tertiary/aromatic N) is 2. The molecular formula is C22H23ClN4O3. The van der Waals surface area contributed by atoms with Crippen LogP contribution in [0.3, 0.4) is 0 Å². The van der Waals surface area contributed by atoms with Crippen LogP contribution < -0.4 is 16.2 Å². The van der Waals surface area contributed by atoms with Crippen molar-refractivity contribution in [2.75, 3.05) is 12.3 Å². The molecule has 7 nitrogen and oxygen atoms in total. The zero-order valence-electron chi connectivity index (χ0n) is 16.8. The van der Waals surface area contributed by atoms with Gasteiger partial charge in [-0.25, -0.2) is 0 Å². The van der Waals surface area contributed by atoms with E-state index >= 15 is 0 Å². The molecular weight excluding hydrogens is 404 g/mol. The van der Waals surface area contributed by atoms with Crippen LogP contribution in [0.4, 0.5) is 5.69 Å². The van der Waals surface area contributed by atoms with E-state index in [-0.39, 0.29) is 12.2 Å². The highest BCUT2D eigenvalue weighted by atomic mass is 35.5. The Labute approximate surface area is 179 Å². The quantitative estimate of drug-likeness (QED) is 0.421. The fourth-order valence-corrected chi connectivity index (χ4v) is 3.31. The number of ether oxygens (including phenoxy) is 1. The Morgan fingerprint density at radius 2 is 1.83 bits per heavy atom. The summed E-state index contributed by atoms with van der Waals surface area (Å²) in [7, 11) is 0. The van der Waals surface area contributed by atoms with Gasteiger partial charge in [0.15, 0.2) is 11.5 Å². The van der Waals surface area contributed by atoms with Gasteiger partial charge in [0.25, 0.3) is 0 Å². The number of rotatable bonds is 8. The average Bonchev–Trinajstić information content (AvgIpc) is 3.08. The number of carbonyl (C=O) groups is 2. The maximum atomic E-state index is 13.3. The lowest BCUT2D eigenvalue weighted by atomic mass is 10.0. The number of carbonyl (C=O) groups excluding carboxylic acids is 2. The number of amides is 1. The molecule has 0 bridgehead atoms. The normalized spacial score (nSPS) is 10.8. The van der Waals surface area contributed by atoms with E-state index in [0.717, 1.165) is 5.56 Å². The molecule has 1 aromatic heterocycles. The minimum absolute atomic E-state index is 0.0384. The third-order valence-corrected chi connectivity index (χ3v) is 4.91. The highest BCUT2D eigenvalue weighted by molar-refractivity contribution is 6.30. The zero-order valence-corrected chi connectivity index (χ0v) is 17.6. The largest absolute Gasteiger partial charge is 0.489 e. The van der Waals surface area contributed by atoms with Crippen molar-refractivity contribution in [1.82, 2.24) is 9.78 Å². The molecule has 3 aromatic rings. The Balaban J connectivity index is 2.02. The van der Waals surface area contributed by atoms with Gasteiger partial charge in [0.05, 0.1) is 6.61 Å². The molecule has 3 rings (SSSR count). The highest BCUT2D eigenvalue weighted by Crippen LogP contribution is 2.34. The molecule has 0 aliphatic carbocycles. The fraction of sp³-hybridized carbons (Fsp3) is 0.227. The Morgan fingerprint density at radius 3 is 2.40 bits per heavy atom. The number of benzene rings is 2. The second kappa shape index (κ2) is 9.00. The number of nitrogen functional groups attached to an aromatic ring is 1. The van der Waals surface area contributed by atoms with E-state index in [1.54, 1.807) is 28.9 Å². The maximum absolute atomic E-state index is 13.3. The number of anilines is 1. The van der Waals surface area contributed by atoms with Crippen molar-refractivity contribution in [3.05, 3.63) is 64.3 Å². The van der Waals surface area contributed by atoms with Crippen LogP contribution in [0.15, 0.2) is 42.5 Å². The van der Waals surface area contributed by atoms with E-state index in [9.17, 15) is 9.59 Å². The monoisotopic (exact) mass is 426 g/mol. The lowest BCUT2D eigenvalue weighted by Crippen LogP contribution is -2.15. The van der Waals surface area contributed by atoms with E-state index in [1.807, 2.05) is 26.0 Å². The maximum Gasteiger partial charge on any atom is 0.248 e. The topological polar surface area (TPSA) is 113 Å². The Morgan fingerprint density at radius 1 is 1.13 bits per heavy atom. The van der Waals surface area contributed by atoms with Gasteiger partial charge in [0, 0.05) is 34.8 Å². The summed E-state index contributed by atoms with van der Waals surface area (Å²) in [6.07, 6.45) is 0.0384. The predicted octanol–water partition coefficient (Wildman–Crippen LogP) is 3.73. The summed E-state index contributed by atoms with van der Waals surface area (Å²) in [5.74, 6) is -0.333. The van der Waals surface area contributed by atoms with Crippen molar-refractivity contribution in [3.63, 3.8) is 0 Å². The second-order valence-electron chi connectivity index (χ2n) is 6.66. The van der Waals surface area contributed by atoms with Crippen LogP contribution in [0.1, 0.15) is 40.3 Å². The van der Waals surface area contributed by atoms with Gasteiger partial charge < -0.3 is 16.2 Å². The molecule has 0 fully saturated rings. The van der Waals surface area contributed by atoms with Gasteiger partial charge in [0.2, 0.25) is 5.91 Å². The van der Waals surface area contributed by atoms with Gasteiger partial charge in [-0.2, -0.15) is 5.10 Å². The first-order chi connectivity index (χ1) is 14.3. The number of nitrogens with two attached hydrogens (primary N) is 2. The van der Waals surface area contributed by atoms with Gasteiger partial charge >= 0.3 is 0 Å². The molecule has 0 radical (unpaired) electrons. The predicted molar refractivity (Wildman–Crippen MR) is 117 cm³/mol. The van der Waals surface area contributed by atoms with Crippen LogP contribution in [0.2, 0.25) is 5.02 Å². The number of ketones is 1. The molecule has 0 aliphatic heterocycles. The molecule has 2 aromatic carbocycles. The van der Waals surface area contributed by atoms with E-state index < -0.39 is 5.91 Å². The van der Waals surface area contributed by atoms with Crippen molar-refractivity contribution in [2.24, 2.45) is 5.73 Å². The highest BCUT2D eigenvalue weighted by Gasteiger charge is 2.26. The molecule has 8 heteroatoms. The third-order valence-electron chi connectivity index (χ3n) is 4.66. The molecule has 0 spiro atoms. The molecule has 0 unspecified atom stereocenters. The standard InChI is InChI=1S/C22H23ClN4O3/c1-3-27-20(18(28)12-14-5-6-15(22(25)29)11-17(14)24)21(30-4-2)19(26-27)13-7-9-16(23)10-8-13/h5-11H,3-4,12,24H2,1-2H3,(H2,25,29). The zero-order chi connectivity index (χ0) is 21.8. The Hall–Kier alpha value is -3.32. The molecule has 30 heavy (non-hydrogen) atoms. The van der Waals surface area contributed by atoms with E-state index in [2.05, 4.69) is 5.10 Å². The molecule has 0 saturated carbocycles. The minimum Gasteiger partial charge on any atom is -0.489 e. The molecule has 0 aliphatic rings. The first kappa shape index (κ1) is 21.4. The summed E-state index contributed by atoms with van der Waals surface area (Å²) in [4.78, 5) is 24.6. The lowest BCUT2D eigenvalue weighted by molar-refractivity contribution is 0.0977. The van der Waals surface area contributed by atoms with Crippen molar-refractivity contribution >= 4 is 29.0 Å². The molecule has 1 heterocycles. The number of hydrogen-bond acceptors (Lipinski definition) is 5. The summed E-state index contributed by atoms with van der Waals surface area (Å²) in [6.45, 7) is 4.63. The number of aryl methyl sites for hydroxylation is 1. The Kier molecular flexibility index (Phi) is 6.42. The SMILES string of the molecule is CCOc1c(-c2ccc(Cl)cc2)nn(CC)c1C(=O)Cc1ccc(C(N)=O)cc1N. The number of Topliss-reactive ketones (excluding diaryl/α,β-unsaturated/α-hetero) is 1. The summed E-state index contributed by atoms with van der Waals surface area (Å²) >= 11 is 6.00. The van der Waals surface area contributed by atoms with E-state index in [0.29, 0.717) is 52.1 Å². The van der Waals surface area contributed by atoms with Crippen LogP contribution in [0.5, 0.6) is 5.75 Å². The summed E-state index contributed by atoms with van der Waals surface area (Å²) in [5.41, 5.74) is 14.3. The summed E-state index contributed by atoms with van der Waals surface area (Å²) in [6, 6.07) is 11.9. The fourth-order valence-electron chi connectivity index (χ4n) is 3.19. The lowest BCUT2D eigenvalue weighted by Gasteiger charge is -2.10. The van der Waals surface area contributed by atoms with Gasteiger partial charge in [-0.15, -0.1) is 0 Å². The number of primary amides is 1. The van der Waals surface area contributed by atoms with Gasteiger partial charge in [-0.3, -0.25) is 14.3 Å². The van der Waals surface area contributed by atoms with Gasteiger partial charge in [0.1, 0.15) is 11.4 Å². The van der Waals surface area contributed by atoms with Crippen molar-refractivity contribution in [3.8, 4) is 17.0 Å². The van der Waals surface area contributed by atoms with Crippen molar-refractivity contribution < 1.29 is 14.3 Å². The number of aromatic nitrogens is 2. The number of hydrogen-bond donors (Lipinski definition) is 2. The van der Waals surface area contributed by atoms with Gasteiger partial charge in [-0.1, -0.05) is 29.8 Å². The van der Waals surface area contributed by atoms with Crippen LogP contribution in [-0.4, -0.2) is 28.1 Å². The first-order valence-electron chi connectivity index (χ1n) is 9.56. The minimum atomic E-state index is -0.574. The number of halogens is 1. The molecule has 0 atom stereocenters. The smallest absolute Gasteiger partial charge is 0.248 e. The Bertz CT molecular complexity index is 1090. The molecule has 156 valence electrons. The average molecular weight is 427 g/mol.